The summed E-state index contributed by atoms with van der Waals surface area (Å²) >= 11 is 0. The third-order valence-electron chi connectivity index (χ3n) is 2.65. The Morgan fingerprint density at radius 2 is 2.44 bits per heavy atom. The smallest absolute Gasteiger partial charge is 0.0935 e. The van der Waals surface area contributed by atoms with Crippen LogP contribution in [0.5, 0.6) is 0 Å². The minimum Gasteiger partial charge on any atom is -0.472 e. The molecule has 2 aromatic heterocycles. The number of hydrogen-bond donors (Lipinski definition) is 2. The standard InChI is InChI=1S/C11H16N4O/c1-8-10(6-15(2)14-8)11(13-12)5-9-3-4-16-7-9/h3-4,6-7,11,13H,5,12H2,1-2H3. The van der Waals surface area contributed by atoms with Gasteiger partial charge in [-0.25, -0.2) is 0 Å². The lowest BCUT2D eigenvalue weighted by atomic mass is 10.0. The first-order valence-corrected chi connectivity index (χ1v) is 5.18. The molecule has 1 unspecified atom stereocenters. The van der Waals surface area contributed by atoms with Gasteiger partial charge in [0.2, 0.25) is 0 Å². The monoisotopic (exact) mass is 220 g/mol. The average Bonchev–Trinajstić information content (AvgIpc) is 2.85. The quantitative estimate of drug-likeness (QED) is 0.597. The summed E-state index contributed by atoms with van der Waals surface area (Å²) in [5.74, 6) is 5.58. The normalized spacial score (nSPS) is 12.9. The molecule has 2 heterocycles. The zero-order valence-electron chi connectivity index (χ0n) is 9.47. The van der Waals surface area contributed by atoms with Crippen LogP contribution in [0.25, 0.3) is 0 Å². The molecule has 0 saturated heterocycles. The predicted molar refractivity (Wildman–Crippen MR) is 60.4 cm³/mol. The molecule has 5 heteroatoms. The maximum atomic E-state index is 5.58. The third kappa shape index (κ3) is 2.15. The summed E-state index contributed by atoms with van der Waals surface area (Å²) < 4.78 is 6.84. The highest BCUT2D eigenvalue weighted by Gasteiger charge is 2.16. The molecule has 0 amide bonds. The first-order valence-electron chi connectivity index (χ1n) is 5.18. The minimum atomic E-state index is 0.0614. The fourth-order valence-electron chi connectivity index (χ4n) is 1.86. The molecule has 86 valence electrons. The largest absolute Gasteiger partial charge is 0.472 e. The topological polar surface area (TPSA) is 69.0 Å². The van der Waals surface area contributed by atoms with Crippen molar-refractivity contribution in [3.63, 3.8) is 0 Å². The minimum absolute atomic E-state index is 0.0614. The predicted octanol–water partition coefficient (Wildman–Crippen LogP) is 1.07. The van der Waals surface area contributed by atoms with Crippen molar-refractivity contribution in [2.45, 2.75) is 19.4 Å². The van der Waals surface area contributed by atoms with Crippen LogP contribution in [0.1, 0.15) is 22.9 Å². The van der Waals surface area contributed by atoms with Crippen molar-refractivity contribution in [2.75, 3.05) is 0 Å². The van der Waals surface area contributed by atoms with Gasteiger partial charge in [0.05, 0.1) is 24.3 Å². The lowest BCUT2D eigenvalue weighted by molar-refractivity contribution is 0.534. The van der Waals surface area contributed by atoms with Crippen molar-refractivity contribution in [3.8, 4) is 0 Å². The number of hydrazine groups is 1. The van der Waals surface area contributed by atoms with Gasteiger partial charge in [-0.15, -0.1) is 0 Å². The van der Waals surface area contributed by atoms with Gasteiger partial charge < -0.3 is 4.42 Å². The summed E-state index contributed by atoms with van der Waals surface area (Å²) in [6.45, 7) is 1.98. The van der Waals surface area contributed by atoms with Crippen LogP contribution in [0.2, 0.25) is 0 Å². The van der Waals surface area contributed by atoms with Crippen molar-refractivity contribution in [1.82, 2.24) is 15.2 Å². The summed E-state index contributed by atoms with van der Waals surface area (Å²) in [6, 6.07) is 2.00. The zero-order valence-corrected chi connectivity index (χ0v) is 9.47. The Morgan fingerprint density at radius 1 is 1.62 bits per heavy atom. The fraction of sp³-hybridized carbons (Fsp3) is 0.364. The number of aryl methyl sites for hydroxylation is 2. The van der Waals surface area contributed by atoms with Gasteiger partial charge in [-0.05, 0) is 25.0 Å². The number of furan rings is 1. The van der Waals surface area contributed by atoms with Crippen LogP contribution in [-0.2, 0) is 13.5 Å². The molecule has 0 spiro atoms. The number of rotatable bonds is 4. The molecule has 5 nitrogen and oxygen atoms in total. The maximum Gasteiger partial charge on any atom is 0.0935 e. The molecule has 0 aliphatic carbocycles. The Labute approximate surface area is 94.2 Å². The van der Waals surface area contributed by atoms with Crippen molar-refractivity contribution in [3.05, 3.63) is 41.6 Å². The summed E-state index contributed by atoms with van der Waals surface area (Å²) in [5.41, 5.74) is 6.04. The molecule has 2 aromatic rings. The third-order valence-corrected chi connectivity index (χ3v) is 2.65. The molecule has 0 aliphatic rings. The van der Waals surface area contributed by atoms with E-state index in [1.807, 2.05) is 26.2 Å². The number of nitrogens with two attached hydrogens (primary N) is 1. The van der Waals surface area contributed by atoms with Gasteiger partial charge in [0, 0.05) is 18.8 Å². The zero-order chi connectivity index (χ0) is 11.5. The summed E-state index contributed by atoms with van der Waals surface area (Å²) in [7, 11) is 1.90. The lowest BCUT2D eigenvalue weighted by Crippen LogP contribution is -2.29. The van der Waals surface area contributed by atoms with Crippen LogP contribution < -0.4 is 11.3 Å². The van der Waals surface area contributed by atoms with E-state index in [0.29, 0.717) is 0 Å². The van der Waals surface area contributed by atoms with Crippen molar-refractivity contribution in [2.24, 2.45) is 12.9 Å². The van der Waals surface area contributed by atoms with Gasteiger partial charge in [-0.1, -0.05) is 0 Å². The van der Waals surface area contributed by atoms with E-state index < -0.39 is 0 Å². The molecule has 0 fully saturated rings. The van der Waals surface area contributed by atoms with Crippen LogP contribution in [0.4, 0.5) is 0 Å². The fourth-order valence-corrected chi connectivity index (χ4v) is 1.86. The molecular weight excluding hydrogens is 204 g/mol. The van der Waals surface area contributed by atoms with E-state index in [4.69, 9.17) is 10.3 Å². The molecule has 0 aliphatic heterocycles. The molecule has 0 radical (unpaired) electrons. The molecule has 0 aromatic carbocycles. The number of nitrogens with zero attached hydrogens (tertiary/aromatic N) is 2. The summed E-state index contributed by atoms with van der Waals surface area (Å²) in [5, 5.41) is 4.31. The van der Waals surface area contributed by atoms with Crippen LogP contribution >= 0.6 is 0 Å². The van der Waals surface area contributed by atoms with Crippen LogP contribution in [0.3, 0.4) is 0 Å². The van der Waals surface area contributed by atoms with Gasteiger partial charge in [-0.3, -0.25) is 16.0 Å². The van der Waals surface area contributed by atoms with E-state index in [-0.39, 0.29) is 6.04 Å². The molecule has 0 bridgehead atoms. The Hall–Kier alpha value is -1.59. The van der Waals surface area contributed by atoms with Crippen LogP contribution in [0.15, 0.2) is 29.2 Å². The van der Waals surface area contributed by atoms with E-state index in [9.17, 15) is 0 Å². The second-order valence-electron chi connectivity index (χ2n) is 3.90. The Balaban J connectivity index is 2.19. The van der Waals surface area contributed by atoms with Gasteiger partial charge in [0.15, 0.2) is 0 Å². The summed E-state index contributed by atoms with van der Waals surface area (Å²) in [6.07, 6.45) is 6.18. The number of nitrogens with one attached hydrogen (secondary N) is 1. The second kappa shape index (κ2) is 4.51. The molecule has 16 heavy (non-hydrogen) atoms. The highest BCUT2D eigenvalue weighted by molar-refractivity contribution is 5.22. The molecule has 2 rings (SSSR count). The van der Waals surface area contributed by atoms with Crippen molar-refractivity contribution in [1.29, 1.82) is 0 Å². The molecule has 1 atom stereocenters. The van der Waals surface area contributed by atoms with Gasteiger partial charge in [-0.2, -0.15) is 5.10 Å². The lowest BCUT2D eigenvalue weighted by Gasteiger charge is -2.13. The SMILES string of the molecule is Cc1nn(C)cc1C(Cc1ccoc1)NN. The van der Waals surface area contributed by atoms with Crippen molar-refractivity contribution >= 4 is 0 Å². The van der Waals surface area contributed by atoms with Gasteiger partial charge in [0.1, 0.15) is 0 Å². The summed E-state index contributed by atoms with van der Waals surface area (Å²) in [4.78, 5) is 0. The Bertz CT molecular complexity index is 447. The average molecular weight is 220 g/mol. The van der Waals surface area contributed by atoms with E-state index >= 15 is 0 Å². The molecule has 0 saturated carbocycles. The Morgan fingerprint density at radius 3 is 2.94 bits per heavy atom. The van der Waals surface area contributed by atoms with E-state index in [2.05, 4.69) is 10.5 Å². The number of aromatic nitrogens is 2. The van der Waals surface area contributed by atoms with E-state index in [1.54, 1.807) is 17.2 Å². The number of hydrogen-bond acceptors (Lipinski definition) is 4. The molecule has 3 N–H and O–H groups in total. The van der Waals surface area contributed by atoms with Gasteiger partial charge >= 0.3 is 0 Å². The maximum absolute atomic E-state index is 5.58. The highest BCUT2D eigenvalue weighted by Crippen LogP contribution is 2.20. The van der Waals surface area contributed by atoms with E-state index in [0.717, 1.165) is 23.2 Å². The van der Waals surface area contributed by atoms with Crippen LogP contribution in [-0.4, -0.2) is 9.78 Å². The van der Waals surface area contributed by atoms with Gasteiger partial charge in [0.25, 0.3) is 0 Å². The Kier molecular flexibility index (Phi) is 3.07. The van der Waals surface area contributed by atoms with E-state index in [1.165, 1.54) is 0 Å². The van der Waals surface area contributed by atoms with Crippen molar-refractivity contribution < 1.29 is 4.42 Å². The molecular formula is C11H16N4O. The first-order chi connectivity index (χ1) is 7.70. The first kappa shape index (κ1) is 10.9. The second-order valence-corrected chi connectivity index (χ2v) is 3.90. The highest BCUT2D eigenvalue weighted by atomic mass is 16.3. The van der Waals surface area contributed by atoms with Crippen LogP contribution in [0, 0.1) is 6.92 Å².